The Balaban J connectivity index is 1.95. The quantitative estimate of drug-likeness (QED) is 0.745. The fraction of sp³-hybridized carbons (Fsp3) is 0.222. The number of amides is 1. The van der Waals surface area contributed by atoms with Crippen LogP contribution in [0.25, 0.3) is 0 Å². The van der Waals surface area contributed by atoms with E-state index in [1.165, 1.54) is 23.3 Å². The fourth-order valence-electron chi connectivity index (χ4n) is 1.20. The minimum Gasteiger partial charge on any atom is -0.381 e. The van der Waals surface area contributed by atoms with Crippen LogP contribution in [-0.4, -0.2) is 30.9 Å². The molecule has 0 aliphatic heterocycles. The summed E-state index contributed by atoms with van der Waals surface area (Å²) < 4.78 is 1.35. The van der Waals surface area contributed by atoms with Crippen LogP contribution >= 0.6 is 0 Å². The number of carbonyl (C=O) groups is 1. The van der Waals surface area contributed by atoms with Crippen LogP contribution in [0.5, 0.6) is 0 Å². The average molecular weight is 233 g/mol. The molecule has 0 aliphatic rings. The number of rotatable bonds is 3. The topological polar surface area (TPSA) is 112 Å². The second-order valence-corrected chi connectivity index (χ2v) is 3.41. The third-order valence-corrected chi connectivity index (χ3v) is 1.93. The van der Waals surface area contributed by atoms with Gasteiger partial charge in [0, 0.05) is 0 Å². The fourth-order valence-corrected chi connectivity index (χ4v) is 1.20. The first-order chi connectivity index (χ1) is 8.13. The Morgan fingerprint density at radius 1 is 1.47 bits per heavy atom. The van der Waals surface area contributed by atoms with Gasteiger partial charge in [0.1, 0.15) is 12.4 Å². The van der Waals surface area contributed by atoms with Gasteiger partial charge in [0.2, 0.25) is 5.91 Å². The SMILES string of the molecule is Cc1ncc(NC(=O)Cn2cc(N)nn2)cn1. The molecule has 2 heterocycles. The highest BCUT2D eigenvalue weighted by molar-refractivity contribution is 5.90. The maximum absolute atomic E-state index is 11.6. The van der Waals surface area contributed by atoms with Crippen LogP contribution in [0.15, 0.2) is 18.6 Å². The van der Waals surface area contributed by atoms with Gasteiger partial charge in [-0.2, -0.15) is 0 Å². The monoisotopic (exact) mass is 233 g/mol. The molecular formula is C9H11N7O. The molecule has 0 saturated heterocycles. The van der Waals surface area contributed by atoms with Crippen molar-refractivity contribution < 1.29 is 4.79 Å². The Kier molecular flexibility index (Phi) is 2.95. The van der Waals surface area contributed by atoms with Crippen molar-refractivity contribution in [3.63, 3.8) is 0 Å². The molecule has 3 N–H and O–H groups in total. The van der Waals surface area contributed by atoms with E-state index in [1.54, 1.807) is 6.92 Å². The van der Waals surface area contributed by atoms with E-state index in [-0.39, 0.29) is 18.3 Å². The van der Waals surface area contributed by atoms with E-state index in [1.807, 2.05) is 0 Å². The molecule has 88 valence electrons. The first-order valence-corrected chi connectivity index (χ1v) is 4.87. The summed E-state index contributed by atoms with van der Waals surface area (Å²) in [4.78, 5) is 19.5. The lowest BCUT2D eigenvalue weighted by molar-refractivity contribution is -0.116. The van der Waals surface area contributed by atoms with Crippen LogP contribution < -0.4 is 11.1 Å². The summed E-state index contributed by atoms with van der Waals surface area (Å²) >= 11 is 0. The molecule has 0 radical (unpaired) electrons. The molecular weight excluding hydrogens is 222 g/mol. The first-order valence-electron chi connectivity index (χ1n) is 4.87. The lowest BCUT2D eigenvalue weighted by Crippen LogP contribution is -2.19. The molecule has 17 heavy (non-hydrogen) atoms. The van der Waals surface area contributed by atoms with Crippen molar-refractivity contribution >= 4 is 17.4 Å². The summed E-state index contributed by atoms with van der Waals surface area (Å²) in [5.74, 6) is 0.672. The number of nitrogens with two attached hydrogens (primary N) is 1. The molecule has 8 heteroatoms. The number of hydrogen-bond acceptors (Lipinski definition) is 6. The van der Waals surface area contributed by atoms with E-state index in [0.29, 0.717) is 11.5 Å². The highest BCUT2D eigenvalue weighted by Gasteiger charge is 2.05. The van der Waals surface area contributed by atoms with Gasteiger partial charge in [0.05, 0.1) is 24.3 Å². The van der Waals surface area contributed by atoms with Gasteiger partial charge in [-0.3, -0.25) is 4.79 Å². The number of hydrogen-bond donors (Lipinski definition) is 2. The van der Waals surface area contributed by atoms with Crippen molar-refractivity contribution in [3.05, 3.63) is 24.4 Å². The summed E-state index contributed by atoms with van der Waals surface area (Å²) in [5.41, 5.74) is 5.91. The zero-order chi connectivity index (χ0) is 12.3. The molecule has 0 atom stereocenters. The van der Waals surface area contributed by atoms with E-state index in [4.69, 9.17) is 5.73 Å². The minimum absolute atomic E-state index is 0.0398. The van der Waals surface area contributed by atoms with Crippen LogP contribution in [0.4, 0.5) is 11.5 Å². The summed E-state index contributed by atoms with van der Waals surface area (Å²) in [6, 6.07) is 0. The minimum atomic E-state index is -0.248. The number of anilines is 2. The molecule has 0 saturated carbocycles. The van der Waals surface area contributed by atoms with Gasteiger partial charge in [-0.15, -0.1) is 5.10 Å². The normalized spacial score (nSPS) is 10.2. The Hall–Kier alpha value is -2.51. The molecule has 0 bridgehead atoms. The highest BCUT2D eigenvalue weighted by atomic mass is 16.2. The highest BCUT2D eigenvalue weighted by Crippen LogP contribution is 2.02. The number of nitrogens with zero attached hydrogens (tertiary/aromatic N) is 5. The second kappa shape index (κ2) is 4.56. The Labute approximate surface area is 96.9 Å². The van der Waals surface area contributed by atoms with Gasteiger partial charge < -0.3 is 11.1 Å². The van der Waals surface area contributed by atoms with Crippen molar-refractivity contribution in [2.75, 3.05) is 11.1 Å². The molecule has 0 unspecified atom stereocenters. The lowest BCUT2D eigenvalue weighted by atomic mass is 10.4. The molecule has 2 aromatic heterocycles. The predicted molar refractivity (Wildman–Crippen MR) is 59.8 cm³/mol. The largest absolute Gasteiger partial charge is 0.381 e. The van der Waals surface area contributed by atoms with Crippen LogP contribution in [0.1, 0.15) is 5.82 Å². The van der Waals surface area contributed by atoms with Crippen LogP contribution in [0.2, 0.25) is 0 Å². The van der Waals surface area contributed by atoms with Gasteiger partial charge in [-0.1, -0.05) is 5.21 Å². The van der Waals surface area contributed by atoms with Crippen molar-refractivity contribution in [1.82, 2.24) is 25.0 Å². The number of aryl methyl sites for hydroxylation is 1. The van der Waals surface area contributed by atoms with Crippen LogP contribution in [0, 0.1) is 6.92 Å². The molecule has 0 spiro atoms. The van der Waals surface area contributed by atoms with Crippen LogP contribution in [-0.2, 0) is 11.3 Å². The molecule has 0 aliphatic carbocycles. The zero-order valence-corrected chi connectivity index (χ0v) is 9.16. The third-order valence-electron chi connectivity index (χ3n) is 1.93. The zero-order valence-electron chi connectivity index (χ0n) is 9.16. The molecule has 1 amide bonds. The summed E-state index contributed by atoms with van der Waals surface area (Å²) in [5, 5.41) is 9.87. The molecule has 2 rings (SSSR count). The average Bonchev–Trinajstić information content (AvgIpc) is 2.67. The molecule has 0 fully saturated rings. The number of nitrogens with one attached hydrogen (secondary N) is 1. The molecule has 0 aromatic carbocycles. The van der Waals surface area contributed by atoms with E-state index in [0.717, 1.165) is 0 Å². The smallest absolute Gasteiger partial charge is 0.246 e. The first kappa shape index (κ1) is 11.0. The van der Waals surface area contributed by atoms with Gasteiger partial charge in [0.25, 0.3) is 0 Å². The summed E-state index contributed by atoms with van der Waals surface area (Å²) in [6.45, 7) is 1.81. The molecule has 8 nitrogen and oxygen atoms in total. The third kappa shape index (κ3) is 2.97. The standard InChI is InChI=1S/C9H11N7O/c1-6-11-2-7(3-12-6)13-9(17)5-16-4-8(10)14-15-16/h2-4H,5,10H2,1H3,(H,13,17). The van der Waals surface area contributed by atoms with E-state index in [2.05, 4.69) is 25.6 Å². The van der Waals surface area contributed by atoms with Crippen molar-refractivity contribution in [1.29, 1.82) is 0 Å². The summed E-state index contributed by atoms with van der Waals surface area (Å²) in [7, 11) is 0. The maximum atomic E-state index is 11.6. The maximum Gasteiger partial charge on any atom is 0.246 e. The van der Waals surface area contributed by atoms with E-state index < -0.39 is 0 Å². The van der Waals surface area contributed by atoms with Crippen LogP contribution in [0.3, 0.4) is 0 Å². The van der Waals surface area contributed by atoms with Crippen molar-refractivity contribution in [3.8, 4) is 0 Å². The van der Waals surface area contributed by atoms with Gasteiger partial charge in [0.15, 0.2) is 5.82 Å². The number of nitrogen functional groups attached to an aromatic ring is 1. The Bertz CT molecular complexity index is 518. The van der Waals surface area contributed by atoms with E-state index in [9.17, 15) is 4.79 Å². The van der Waals surface area contributed by atoms with Crippen molar-refractivity contribution in [2.45, 2.75) is 13.5 Å². The van der Waals surface area contributed by atoms with Crippen molar-refractivity contribution in [2.24, 2.45) is 0 Å². The second-order valence-electron chi connectivity index (χ2n) is 3.41. The van der Waals surface area contributed by atoms with E-state index >= 15 is 0 Å². The van der Waals surface area contributed by atoms with Gasteiger partial charge in [-0.25, -0.2) is 14.6 Å². The van der Waals surface area contributed by atoms with Gasteiger partial charge >= 0.3 is 0 Å². The lowest BCUT2D eigenvalue weighted by Gasteiger charge is -2.03. The van der Waals surface area contributed by atoms with Gasteiger partial charge in [-0.05, 0) is 6.92 Å². The summed E-state index contributed by atoms with van der Waals surface area (Å²) in [6.07, 6.45) is 4.55. The molecule has 2 aromatic rings. The number of carbonyl (C=O) groups excluding carboxylic acids is 1. The Morgan fingerprint density at radius 3 is 2.76 bits per heavy atom. The predicted octanol–water partition coefficient (Wildman–Crippen LogP) is -0.403. The number of aromatic nitrogens is 5. The Morgan fingerprint density at radius 2 is 2.18 bits per heavy atom.